The summed E-state index contributed by atoms with van der Waals surface area (Å²) in [6.45, 7) is 9.00. The Morgan fingerprint density at radius 3 is 2.74 bits per heavy atom. The molecule has 0 bridgehead atoms. The van der Waals surface area contributed by atoms with E-state index < -0.39 is 0 Å². The van der Waals surface area contributed by atoms with Gasteiger partial charge >= 0.3 is 0 Å². The van der Waals surface area contributed by atoms with Gasteiger partial charge in [-0.2, -0.15) is 0 Å². The topological polar surface area (TPSA) is 66.9 Å². The van der Waals surface area contributed by atoms with Gasteiger partial charge in [0.2, 0.25) is 0 Å². The number of hydrogen-bond donors (Lipinski definition) is 2. The average molecular weight is 282 g/mol. The Labute approximate surface area is 118 Å². The second-order valence-corrected chi connectivity index (χ2v) is 6.86. The van der Waals surface area contributed by atoms with Crippen LogP contribution in [0.4, 0.5) is 0 Å². The molecule has 0 saturated carbocycles. The van der Waals surface area contributed by atoms with Gasteiger partial charge in [-0.15, -0.1) is 5.10 Å². The van der Waals surface area contributed by atoms with Crippen molar-refractivity contribution in [2.45, 2.75) is 39.0 Å². The van der Waals surface area contributed by atoms with Gasteiger partial charge in [0.15, 0.2) is 0 Å². The Morgan fingerprint density at radius 1 is 1.42 bits per heavy atom. The predicted molar refractivity (Wildman–Crippen MR) is 76.5 cm³/mol. The molecule has 1 fully saturated rings. The lowest BCUT2D eigenvalue weighted by Crippen LogP contribution is -2.36. The highest BCUT2D eigenvalue weighted by molar-refractivity contribution is 7.08. The summed E-state index contributed by atoms with van der Waals surface area (Å²) < 4.78 is 3.93. The second-order valence-electron chi connectivity index (χ2n) is 6.10. The number of hydrogen-bond acceptors (Lipinski definition) is 5. The van der Waals surface area contributed by atoms with Crippen LogP contribution in [0.3, 0.4) is 0 Å². The van der Waals surface area contributed by atoms with E-state index >= 15 is 0 Å². The summed E-state index contributed by atoms with van der Waals surface area (Å²) in [5, 5.41) is 10.5. The van der Waals surface area contributed by atoms with E-state index in [1.54, 1.807) is 0 Å². The zero-order chi connectivity index (χ0) is 13.9. The molecule has 0 spiro atoms. The molecule has 19 heavy (non-hydrogen) atoms. The first kappa shape index (κ1) is 14.4. The van der Waals surface area contributed by atoms with Crippen LogP contribution >= 0.6 is 11.5 Å². The minimum atomic E-state index is -0.144. The van der Waals surface area contributed by atoms with Crippen molar-refractivity contribution in [1.82, 2.24) is 20.2 Å². The fourth-order valence-electron chi connectivity index (χ4n) is 2.23. The van der Waals surface area contributed by atoms with Gasteiger partial charge in [0, 0.05) is 12.0 Å². The molecule has 0 atom stereocenters. The smallest absolute Gasteiger partial charge is 0.264 e. The van der Waals surface area contributed by atoms with Crippen molar-refractivity contribution >= 4 is 17.4 Å². The monoisotopic (exact) mass is 282 g/mol. The molecular formula is C13H22N4OS. The van der Waals surface area contributed by atoms with Gasteiger partial charge in [-0.3, -0.25) is 4.79 Å². The average Bonchev–Trinajstić information content (AvgIpc) is 2.86. The summed E-state index contributed by atoms with van der Waals surface area (Å²) in [7, 11) is 0. The largest absolute Gasteiger partial charge is 0.351 e. The zero-order valence-corrected chi connectivity index (χ0v) is 12.6. The number of carbonyl (C=O) groups excluding carboxylic acids is 1. The summed E-state index contributed by atoms with van der Waals surface area (Å²) in [5.74, 6) is 0.558. The normalized spacial score (nSPS) is 17.4. The molecule has 2 heterocycles. The van der Waals surface area contributed by atoms with Gasteiger partial charge in [0.1, 0.15) is 4.88 Å². The highest BCUT2D eigenvalue weighted by Gasteiger charge is 2.26. The lowest BCUT2D eigenvalue weighted by atomic mass is 9.91. The van der Waals surface area contributed by atoms with Crippen molar-refractivity contribution in [1.29, 1.82) is 0 Å². The summed E-state index contributed by atoms with van der Waals surface area (Å²) in [4.78, 5) is 12.9. The molecule has 2 N–H and O–H groups in total. The summed E-state index contributed by atoms with van der Waals surface area (Å²) >= 11 is 1.19. The lowest BCUT2D eigenvalue weighted by molar-refractivity contribution is 0.0946. The van der Waals surface area contributed by atoms with Crippen molar-refractivity contribution in [2.75, 3.05) is 19.6 Å². The number of rotatable bonds is 3. The summed E-state index contributed by atoms with van der Waals surface area (Å²) in [5.41, 5.74) is 0.648. The van der Waals surface area contributed by atoms with Crippen LogP contribution in [0.2, 0.25) is 0 Å². The highest BCUT2D eigenvalue weighted by Crippen LogP contribution is 2.25. The summed E-state index contributed by atoms with van der Waals surface area (Å²) in [6.07, 6.45) is 2.26. The second kappa shape index (κ2) is 5.96. The third kappa shape index (κ3) is 3.73. The molecule has 0 radical (unpaired) electrons. The SMILES string of the molecule is CC(C)(C)c1nnsc1C(=O)NCC1CCNCC1. The van der Waals surface area contributed by atoms with Crippen LogP contribution in [-0.4, -0.2) is 35.1 Å². The molecule has 1 aliphatic heterocycles. The Morgan fingerprint density at radius 2 is 2.11 bits per heavy atom. The van der Waals surface area contributed by atoms with Gasteiger partial charge in [-0.1, -0.05) is 25.3 Å². The van der Waals surface area contributed by atoms with Crippen molar-refractivity contribution in [2.24, 2.45) is 5.92 Å². The van der Waals surface area contributed by atoms with Crippen molar-refractivity contribution in [3.8, 4) is 0 Å². The van der Waals surface area contributed by atoms with Crippen LogP contribution in [0.5, 0.6) is 0 Å². The first-order chi connectivity index (χ1) is 8.98. The van der Waals surface area contributed by atoms with Gasteiger partial charge in [0.05, 0.1) is 5.69 Å². The van der Waals surface area contributed by atoms with Crippen LogP contribution in [0, 0.1) is 5.92 Å². The molecule has 0 aliphatic carbocycles. The van der Waals surface area contributed by atoms with Crippen molar-refractivity contribution in [3.05, 3.63) is 10.6 Å². The Bertz CT molecular complexity index is 432. The standard InChI is InChI=1S/C13H22N4OS/c1-13(2,3)11-10(19-17-16-11)12(18)15-8-9-4-6-14-7-5-9/h9,14H,4-8H2,1-3H3,(H,15,18). The van der Waals surface area contributed by atoms with Crippen molar-refractivity contribution < 1.29 is 4.79 Å². The lowest BCUT2D eigenvalue weighted by Gasteiger charge is -2.23. The van der Waals surface area contributed by atoms with E-state index in [2.05, 4.69) is 20.2 Å². The van der Waals surface area contributed by atoms with E-state index in [4.69, 9.17) is 0 Å². The molecule has 1 aliphatic rings. The predicted octanol–water partition coefficient (Wildman–Crippen LogP) is 1.56. The Kier molecular flexibility index (Phi) is 4.52. The maximum atomic E-state index is 12.2. The van der Waals surface area contributed by atoms with Gasteiger partial charge in [-0.25, -0.2) is 0 Å². The third-order valence-electron chi connectivity index (χ3n) is 3.41. The number of piperidine rings is 1. The van der Waals surface area contributed by atoms with Crippen LogP contribution < -0.4 is 10.6 Å². The maximum Gasteiger partial charge on any atom is 0.264 e. The zero-order valence-electron chi connectivity index (χ0n) is 11.8. The quantitative estimate of drug-likeness (QED) is 0.883. The number of nitrogens with zero attached hydrogens (tertiary/aromatic N) is 2. The molecule has 106 valence electrons. The highest BCUT2D eigenvalue weighted by atomic mass is 32.1. The van der Waals surface area contributed by atoms with E-state index in [9.17, 15) is 4.79 Å². The fourth-order valence-corrected chi connectivity index (χ4v) is 3.03. The minimum Gasteiger partial charge on any atom is -0.351 e. The molecule has 1 aromatic heterocycles. The van der Waals surface area contributed by atoms with Crippen LogP contribution in [0.25, 0.3) is 0 Å². The van der Waals surface area contributed by atoms with Gasteiger partial charge in [0.25, 0.3) is 5.91 Å². The fraction of sp³-hybridized carbons (Fsp3) is 0.769. The van der Waals surface area contributed by atoms with E-state index in [1.165, 1.54) is 11.5 Å². The first-order valence-corrected chi connectivity index (χ1v) is 7.57. The number of amides is 1. The molecule has 5 nitrogen and oxygen atoms in total. The number of aromatic nitrogens is 2. The number of carbonyl (C=O) groups is 1. The molecule has 1 aromatic rings. The molecule has 6 heteroatoms. The van der Waals surface area contributed by atoms with Crippen LogP contribution in [0.15, 0.2) is 0 Å². The van der Waals surface area contributed by atoms with E-state index in [-0.39, 0.29) is 11.3 Å². The van der Waals surface area contributed by atoms with E-state index in [0.29, 0.717) is 10.8 Å². The Balaban J connectivity index is 1.94. The molecule has 1 saturated heterocycles. The molecule has 0 unspecified atom stereocenters. The summed E-state index contributed by atoms with van der Waals surface area (Å²) in [6, 6.07) is 0. The first-order valence-electron chi connectivity index (χ1n) is 6.80. The van der Waals surface area contributed by atoms with Gasteiger partial charge in [-0.05, 0) is 43.4 Å². The molecular weight excluding hydrogens is 260 g/mol. The van der Waals surface area contributed by atoms with E-state index in [0.717, 1.165) is 38.2 Å². The number of nitrogens with one attached hydrogen (secondary N) is 2. The van der Waals surface area contributed by atoms with E-state index in [1.807, 2.05) is 20.8 Å². The molecule has 1 amide bonds. The van der Waals surface area contributed by atoms with Gasteiger partial charge < -0.3 is 10.6 Å². The minimum absolute atomic E-state index is 0.0292. The van der Waals surface area contributed by atoms with Crippen LogP contribution in [-0.2, 0) is 5.41 Å². The molecule has 0 aromatic carbocycles. The Hall–Kier alpha value is -1.01. The maximum absolute atomic E-state index is 12.2. The van der Waals surface area contributed by atoms with Crippen molar-refractivity contribution in [3.63, 3.8) is 0 Å². The third-order valence-corrected chi connectivity index (χ3v) is 4.14. The molecule has 2 rings (SSSR count). The van der Waals surface area contributed by atoms with Crippen LogP contribution in [0.1, 0.15) is 49.0 Å².